The maximum absolute atomic E-state index is 11.8. The Morgan fingerprint density at radius 3 is 2.94 bits per heavy atom. The molecule has 0 radical (unpaired) electrons. The van der Waals surface area contributed by atoms with Gasteiger partial charge in [0.2, 0.25) is 10.0 Å². The van der Waals surface area contributed by atoms with E-state index >= 15 is 0 Å². The first kappa shape index (κ1) is 11.6. The molecule has 1 aromatic rings. The van der Waals surface area contributed by atoms with Crippen LogP contribution in [0.3, 0.4) is 0 Å². The van der Waals surface area contributed by atoms with Crippen molar-refractivity contribution in [3.05, 3.63) is 12.4 Å². The van der Waals surface area contributed by atoms with Crippen molar-refractivity contribution in [1.29, 1.82) is 0 Å². The lowest BCUT2D eigenvalue weighted by atomic mass is 10.3. The minimum Gasteiger partial charge on any atom is -0.381 e. The van der Waals surface area contributed by atoms with Crippen LogP contribution in [0, 0.1) is 0 Å². The lowest BCUT2D eigenvalue weighted by Gasteiger charge is -2.12. The summed E-state index contributed by atoms with van der Waals surface area (Å²) >= 11 is 0. The quantitative estimate of drug-likeness (QED) is 0.796. The van der Waals surface area contributed by atoms with Gasteiger partial charge in [-0.15, -0.1) is 0 Å². The van der Waals surface area contributed by atoms with Crippen molar-refractivity contribution in [1.82, 2.24) is 14.9 Å². The number of sulfonamides is 1. The molecule has 1 aliphatic carbocycles. The Balaban J connectivity index is 2.00. The van der Waals surface area contributed by atoms with Gasteiger partial charge in [-0.05, 0) is 19.3 Å². The first-order valence-electron chi connectivity index (χ1n) is 5.16. The van der Waals surface area contributed by atoms with Crippen molar-refractivity contribution in [3.63, 3.8) is 0 Å². The predicted molar refractivity (Wildman–Crippen MR) is 57.3 cm³/mol. The minimum atomic E-state index is -3.43. The molecule has 2 unspecified atom stereocenters. The second-order valence-corrected chi connectivity index (χ2v) is 5.64. The highest BCUT2D eigenvalue weighted by Gasteiger charge is 2.28. The van der Waals surface area contributed by atoms with Gasteiger partial charge in [0.15, 0.2) is 0 Å². The number of H-pyrrole nitrogens is 1. The fourth-order valence-corrected chi connectivity index (χ4v) is 3.12. The van der Waals surface area contributed by atoms with Crippen molar-refractivity contribution in [2.24, 2.45) is 0 Å². The normalized spacial score (nSPS) is 26.1. The highest BCUT2D eigenvalue weighted by atomic mass is 32.2. The van der Waals surface area contributed by atoms with E-state index in [1.54, 1.807) is 7.11 Å². The van der Waals surface area contributed by atoms with Crippen LogP contribution in [-0.4, -0.2) is 37.9 Å². The fraction of sp³-hybridized carbons (Fsp3) is 0.667. The molecule has 2 N–H and O–H groups in total. The number of rotatable bonds is 4. The highest BCUT2D eigenvalue weighted by Crippen LogP contribution is 2.22. The Morgan fingerprint density at radius 2 is 2.38 bits per heavy atom. The summed E-state index contributed by atoms with van der Waals surface area (Å²) in [5.74, 6) is 0. The molecule has 1 saturated carbocycles. The van der Waals surface area contributed by atoms with Gasteiger partial charge in [0.1, 0.15) is 4.90 Å². The van der Waals surface area contributed by atoms with Crippen molar-refractivity contribution in [2.75, 3.05) is 7.11 Å². The molecule has 0 bridgehead atoms. The lowest BCUT2D eigenvalue weighted by Crippen LogP contribution is -2.33. The van der Waals surface area contributed by atoms with Crippen LogP contribution in [0.5, 0.6) is 0 Å². The summed E-state index contributed by atoms with van der Waals surface area (Å²) < 4.78 is 31.5. The molecule has 7 heteroatoms. The summed E-state index contributed by atoms with van der Waals surface area (Å²) in [6, 6.07) is -0.0372. The highest BCUT2D eigenvalue weighted by molar-refractivity contribution is 7.89. The number of hydrogen-bond donors (Lipinski definition) is 2. The molecular formula is C9H15N3O3S. The number of aromatic amines is 1. The SMILES string of the molecule is COC1CCC(NS(=O)(=O)c2cn[nH]c2)C1. The lowest BCUT2D eigenvalue weighted by molar-refractivity contribution is 0.107. The van der Waals surface area contributed by atoms with E-state index in [4.69, 9.17) is 4.74 Å². The van der Waals surface area contributed by atoms with Gasteiger partial charge in [0.05, 0.1) is 12.3 Å². The first-order valence-corrected chi connectivity index (χ1v) is 6.64. The number of ether oxygens (including phenoxy) is 1. The van der Waals surface area contributed by atoms with Crippen LogP contribution in [0.25, 0.3) is 0 Å². The summed E-state index contributed by atoms with van der Waals surface area (Å²) in [6.45, 7) is 0. The van der Waals surface area contributed by atoms with Crippen LogP contribution < -0.4 is 4.72 Å². The summed E-state index contributed by atoms with van der Waals surface area (Å²) in [4.78, 5) is 0.174. The molecule has 1 fully saturated rings. The van der Waals surface area contributed by atoms with Crippen molar-refractivity contribution < 1.29 is 13.2 Å². The third-order valence-corrected chi connectivity index (χ3v) is 4.31. The van der Waals surface area contributed by atoms with E-state index in [1.165, 1.54) is 12.4 Å². The molecule has 0 aliphatic heterocycles. The Hall–Kier alpha value is -0.920. The summed E-state index contributed by atoms with van der Waals surface area (Å²) in [5, 5.41) is 6.11. The van der Waals surface area contributed by atoms with E-state index in [0.29, 0.717) is 0 Å². The zero-order valence-electron chi connectivity index (χ0n) is 9.01. The Morgan fingerprint density at radius 1 is 1.56 bits per heavy atom. The molecular weight excluding hydrogens is 230 g/mol. The summed E-state index contributed by atoms with van der Waals surface area (Å²) in [7, 11) is -1.78. The molecule has 1 aromatic heterocycles. The largest absolute Gasteiger partial charge is 0.381 e. The molecule has 2 rings (SSSR count). The van der Waals surface area contributed by atoms with Crippen LogP contribution in [-0.2, 0) is 14.8 Å². The predicted octanol–water partition coefficient (Wildman–Crippen LogP) is 0.255. The van der Waals surface area contributed by atoms with Gasteiger partial charge in [-0.25, -0.2) is 13.1 Å². The zero-order valence-corrected chi connectivity index (χ0v) is 9.83. The number of methoxy groups -OCH3 is 1. The first-order chi connectivity index (χ1) is 7.62. The van der Waals surface area contributed by atoms with E-state index < -0.39 is 10.0 Å². The standard InChI is InChI=1S/C9H15N3O3S/c1-15-8-3-2-7(4-8)12-16(13,14)9-5-10-11-6-9/h5-8,12H,2-4H2,1H3,(H,10,11). The smallest absolute Gasteiger partial charge is 0.243 e. The second kappa shape index (κ2) is 4.52. The molecule has 6 nitrogen and oxygen atoms in total. The molecule has 0 spiro atoms. The summed E-state index contributed by atoms with van der Waals surface area (Å²) in [5.41, 5.74) is 0. The maximum atomic E-state index is 11.8. The monoisotopic (exact) mass is 245 g/mol. The maximum Gasteiger partial charge on any atom is 0.243 e. The summed E-state index contributed by atoms with van der Waals surface area (Å²) in [6.07, 6.45) is 5.27. The van der Waals surface area contributed by atoms with Gasteiger partial charge in [0.25, 0.3) is 0 Å². The van der Waals surface area contributed by atoms with Crippen LogP contribution in [0.2, 0.25) is 0 Å². The molecule has 90 valence electrons. The van der Waals surface area contributed by atoms with Crippen molar-refractivity contribution >= 4 is 10.0 Å². The molecule has 0 saturated heterocycles. The van der Waals surface area contributed by atoms with Gasteiger partial charge in [-0.3, -0.25) is 5.10 Å². The van der Waals surface area contributed by atoms with Gasteiger partial charge in [-0.1, -0.05) is 0 Å². The van der Waals surface area contributed by atoms with E-state index in [-0.39, 0.29) is 17.0 Å². The fourth-order valence-electron chi connectivity index (χ4n) is 1.93. The zero-order chi connectivity index (χ0) is 11.6. The molecule has 0 amide bonds. The average molecular weight is 245 g/mol. The van der Waals surface area contributed by atoms with Crippen LogP contribution in [0.15, 0.2) is 17.3 Å². The van der Waals surface area contributed by atoms with Crippen LogP contribution in [0.4, 0.5) is 0 Å². The minimum absolute atomic E-state index is 0.0372. The molecule has 1 aliphatic rings. The van der Waals surface area contributed by atoms with Gasteiger partial charge < -0.3 is 4.74 Å². The number of nitrogens with one attached hydrogen (secondary N) is 2. The number of hydrogen-bond acceptors (Lipinski definition) is 4. The Kier molecular flexibility index (Phi) is 3.27. The molecule has 2 atom stereocenters. The van der Waals surface area contributed by atoms with Gasteiger partial charge >= 0.3 is 0 Å². The number of aromatic nitrogens is 2. The molecule has 1 heterocycles. The third kappa shape index (κ3) is 2.42. The van der Waals surface area contributed by atoms with E-state index in [9.17, 15) is 8.42 Å². The van der Waals surface area contributed by atoms with E-state index in [2.05, 4.69) is 14.9 Å². The van der Waals surface area contributed by atoms with E-state index in [0.717, 1.165) is 19.3 Å². The third-order valence-electron chi connectivity index (χ3n) is 2.82. The molecule has 0 aromatic carbocycles. The van der Waals surface area contributed by atoms with Crippen molar-refractivity contribution in [3.8, 4) is 0 Å². The van der Waals surface area contributed by atoms with Gasteiger partial charge in [-0.2, -0.15) is 5.10 Å². The Bertz CT molecular complexity index is 429. The number of nitrogens with zero attached hydrogens (tertiary/aromatic N) is 1. The molecule has 16 heavy (non-hydrogen) atoms. The van der Waals surface area contributed by atoms with Crippen molar-refractivity contribution in [2.45, 2.75) is 36.3 Å². The average Bonchev–Trinajstić information content (AvgIpc) is 2.86. The second-order valence-electron chi connectivity index (χ2n) is 3.92. The van der Waals surface area contributed by atoms with E-state index in [1.807, 2.05) is 0 Å². The van der Waals surface area contributed by atoms with Crippen LogP contribution in [0.1, 0.15) is 19.3 Å². The van der Waals surface area contributed by atoms with Gasteiger partial charge in [0, 0.05) is 19.3 Å². The Labute approximate surface area is 94.4 Å². The van der Waals surface area contributed by atoms with Crippen LogP contribution >= 0.6 is 0 Å². The topological polar surface area (TPSA) is 84.1 Å².